The second-order valence-electron chi connectivity index (χ2n) is 5.60. The molecule has 0 aliphatic carbocycles. The van der Waals surface area contributed by atoms with Crippen LogP contribution in [0.1, 0.15) is 10.5 Å². The molecule has 0 aliphatic heterocycles. The third kappa shape index (κ3) is 3.00. The van der Waals surface area contributed by atoms with E-state index in [1.807, 2.05) is 36.4 Å². The molecule has 2 N–H and O–H groups in total. The Balaban J connectivity index is 1.66. The first-order chi connectivity index (χ1) is 12.7. The van der Waals surface area contributed by atoms with Gasteiger partial charge in [0.1, 0.15) is 11.4 Å². The zero-order valence-corrected chi connectivity index (χ0v) is 13.6. The molecule has 0 saturated carbocycles. The molecule has 3 aromatic carbocycles. The summed E-state index contributed by atoms with van der Waals surface area (Å²) < 4.78 is 20.1. The number of benzene rings is 3. The molecule has 0 spiro atoms. The number of hydrogen-bond acceptors (Lipinski definition) is 3. The normalized spacial score (nSPS) is 10.7. The van der Waals surface area contributed by atoms with E-state index in [0.717, 1.165) is 5.52 Å². The average molecular weight is 347 g/mol. The molecular weight excluding hydrogens is 333 g/mol. The molecule has 0 bridgehead atoms. The Labute approximate surface area is 148 Å². The maximum atomic E-state index is 14.3. The second-order valence-corrected chi connectivity index (χ2v) is 5.60. The zero-order chi connectivity index (χ0) is 17.9. The molecule has 1 heterocycles. The summed E-state index contributed by atoms with van der Waals surface area (Å²) >= 11 is 0. The lowest BCUT2D eigenvalue weighted by molar-refractivity contribution is 0.102. The predicted molar refractivity (Wildman–Crippen MR) is 97.0 cm³/mol. The molecule has 0 aliphatic rings. The molecule has 0 saturated heterocycles. The summed E-state index contributed by atoms with van der Waals surface area (Å²) in [5.74, 6) is -0.361. The fourth-order valence-corrected chi connectivity index (χ4v) is 2.64. The molecule has 0 atom stereocenters. The number of carbonyl (C=O) groups is 1. The van der Waals surface area contributed by atoms with Gasteiger partial charge in [-0.2, -0.15) is 5.10 Å². The van der Waals surface area contributed by atoms with E-state index in [9.17, 15) is 9.18 Å². The van der Waals surface area contributed by atoms with Gasteiger partial charge in [-0.25, -0.2) is 4.39 Å². The Bertz CT molecular complexity index is 1080. The van der Waals surface area contributed by atoms with Crippen LogP contribution in [0.3, 0.4) is 0 Å². The van der Waals surface area contributed by atoms with Gasteiger partial charge in [0.25, 0.3) is 5.91 Å². The van der Waals surface area contributed by atoms with E-state index in [1.54, 1.807) is 24.3 Å². The molecule has 1 amide bonds. The molecule has 5 nitrogen and oxygen atoms in total. The van der Waals surface area contributed by atoms with Gasteiger partial charge in [0.2, 0.25) is 0 Å². The number of H-pyrrole nitrogens is 1. The third-order valence-corrected chi connectivity index (χ3v) is 3.87. The molecule has 26 heavy (non-hydrogen) atoms. The van der Waals surface area contributed by atoms with Gasteiger partial charge in [0.05, 0.1) is 5.52 Å². The van der Waals surface area contributed by atoms with Crippen molar-refractivity contribution in [3.63, 3.8) is 0 Å². The van der Waals surface area contributed by atoms with Crippen LogP contribution in [-0.4, -0.2) is 16.1 Å². The van der Waals surface area contributed by atoms with Crippen LogP contribution in [0.2, 0.25) is 0 Å². The van der Waals surface area contributed by atoms with E-state index in [2.05, 4.69) is 15.5 Å². The fourth-order valence-electron chi connectivity index (χ4n) is 2.64. The summed E-state index contributed by atoms with van der Waals surface area (Å²) in [5, 5.41) is 10.1. The molecule has 1 aromatic heterocycles. The average Bonchev–Trinajstić information content (AvgIpc) is 3.09. The first kappa shape index (κ1) is 15.8. The minimum Gasteiger partial charge on any atom is -0.455 e. The van der Waals surface area contributed by atoms with Crippen LogP contribution in [0.25, 0.3) is 10.9 Å². The number of aromatic nitrogens is 2. The van der Waals surface area contributed by atoms with Crippen molar-refractivity contribution in [3.8, 4) is 11.5 Å². The highest BCUT2D eigenvalue weighted by atomic mass is 19.1. The lowest BCUT2D eigenvalue weighted by Crippen LogP contribution is -2.14. The Kier molecular flexibility index (Phi) is 4.07. The van der Waals surface area contributed by atoms with Crippen LogP contribution in [0.4, 0.5) is 10.1 Å². The Morgan fingerprint density at radius 1 is 0.962 bits per heavy atom. The quantitative estimate of drug-likeness (QED) is 0.560. The van der Waals surface area contributed by atoms with Gasteiger partial charge >= 0.3 is 0 Å². The van der Waals surface area contributed by atoms with E-state index in [-0.39, 0.29) is 17.1 Å². The van der Waals surface area contributed by atoms with E-state index in [1.165, 1.54) is 12.1 Å². The number of rotatable bonds is 4. The molecule has 6 heteroatoms. The number of ether oxygens (including phenoxy) is 1. The molecule has 0 unspecified atom stereocenters. The topological polar surface area (TPSA) is 67.0 Å². The number of nitrogens with zero attached hydrogens (tertiary/aromatic N) is 1. The largest absolute Gasteiger partial charge is 0.455 e. The SMILES string of the molecule is O=C(Nc1c(F)cccc1Oc1ccccc1)c1n[nH]c2ccccc12. The standard InChI is InChI=1S/C20H14FN3O2/c21-15-10-6-12-17(26-13-7-2-1-3-8-13)19(15)22-20(25)18-14-9-4-5-11-16(14)23-24-18/h1-12H,(H,22,25)(H,23,24). The number of amides is 1. The number of nitrogens with one attached hydrogen (secondary N) is 2. The summed E-state index contributed by atoms with van der Waals surface area (Å²) in [6.07, 6.45) is 0. The molecule has 0 radical (unpaired) electrons. The smallest absolute Gasteiger partial charge is 0.276 e. The van der Waals surface area contributed by atoms with Gasteiger partial charge in [0, 0.05) is 5.39 Å². The van der Waals surface area contributed by atoms with Crippen molar-refractivity contribution in [2.75, 3.05) is 5.32 Å². The predicted octanol–water partition coefficient (Wildman–Crippen LogP) is 4.75. The zero-order valence-electron chi connectivity index (χ0n) is 13.6. The Morgan fingerprint density at radius 2 is 1.73 bits per heavy atom. The van der Waals surface area contributed by atoms with Crippen molar-refractivity contribution in [2.24, 2.45) is 0 Å². The minimum absolute atomic E-state index is 0.0339. The van der Waals surface area contributed by atoms with E-state index in [4.69, 9.17) is 4.74 Å². The van der Waals surface area contributed by atoms with Crippen molar-refractivity contribution in [3.05, 3.63) is 84.3 Å². The molecule has 128 valence electrons. The maximum Gasteiger partial charge on any atom is 0.276 e. The van der Waals surface area contributed by atoms with Crippen molar-refractivity contribution < 1.29 is 13.9 Å². The number of fused-ring (bicyclic) bond motifs is 1. The minimum atomic E-state index is -0.591. The first-order valence-corrected chi connectivity index (χ1v) is 7.98. The van der Waals surface area contributed by atoms with Crippen molar-refractivity contribution in [2.45, 2.75) is 0 Å². The number of anilines is 1. The summed E-state index contributed by atoms with van der Waals surface area (Å²) in [7, 11) is 0. The summed E-state index contributed by atoms with van der Waals surface area (Å²) in [5.41, 5.74) is 0.884. The summed E-state index contributed by atoms with van der Waals surface area (Å²) in [6, 6.07) is 20.6. The Morgan fingerprint density at radius 3 is 2.58 bits per heavy atom. The van der Waals surface area contributed by atoms with Crippen molar-refractivity contribution >= 4 is 22.5 Å². The van der Waals surface area contributed by atoms with E-state index >= 15 is 0 Å². The van der Waals surface area contributed by atoms with Gasteiger partial charge in [-0.3, -0.25) is 9.89 Å². The number of para-hydroxylation sites is 3. The number of aromatic amines is 1. The first-order valence-electron chi connectivity index (χ1n) is 7.98. The van der Waals surface area contributed by atoms with Crippen LogP contribution < -0.4 is 10.1 Å². The van der Waals surface area contributed by atoms with Crippen molar-refractivity contribution in [1.29, 1.82) is 0 Å². The summed E-state index contributed by atoms with van der Waals surface area (Å²) in [6.45, 7) is 0. The molecule has 0 fully saturated rings. The fraction of sp³-hybridized carbons (Fsp3) is 0. The number of halogens is 1. The third-order valence-electron chi connectivity index (χ3n) is 3.87. The van der Waals surface area contributed by atoms with Crippen LogP contribution in [0.15, 0.2) is 72.8 Å². The molecule has 4 rings (SSSR count). The van der Waals surface area contributed by atoms with Crippen LogP contribution >= 0.6 is 0 Å². The van der Waals surface area contributed by atoms with E-state index < -0.39 is 11.7 Å². The highest BCUT2D eigenvalue weighted by Gasteiger charge is 2.18. The van der Waals surface area contributed by atoms with Gasteiger partial charge in [-0.05, 0) is 30.3 Å². The number of hydrogen-bond donors (Lipinski definition) is 2. The monoisotopic (exact) mass is 347 g/mol. The second kappa shape index (κ2) is 6.68. The highest BCUT2D eigenvalue weighted by Crippen LogP contribution is 2.32. The van der Waals surface area contributed by atoms with Gasteiger partial charge in [-0.15, -0.1) is 0 Å². The van der Waals surface area contributed by atoms with Crippen LogP contribution in [-0.2, 0) is 0 Å². The van der Waals surface area contributed by atoms with Crippen LogP contribution in [0.5, 0.6) is 11.5 Å². The number of carbonyl (C=O) groups excluding carboxylic acids is 1. The summed E-state index contributed by atoms with van der Waals surface area (Å²) in [4.78, 5) is 12.6. The van der Waals surface area contributed by atoms with E-state index in [0.29, 0.717) is 11.1 Å². The van der Waals surface area contributed by atoms with Gasteiger partial charge in [-0.1, -0.05) is 42.5 Å². The van der Waals surface area contributed by atoms with Gasteiger partial charge < -0.3 is 10.1 Å². The van der Waals surface area contributed by atoms with Crippen LogP contribution in [0, 0.1) is 5.82 Å². The van der Waals surface area contributed by atoms with Gasteiger partial charge in [0.15, 0.2) is 17.3 Å². The lowest BCUT2D eigenvalue weighted by Gasteiger charge is -2.12. The maximum absolute atomic E-state index is 14.3. The Hall–Kier alpha value is -3.67. The lowest BCUT2D eigenvalue weighted by atomic mass is 10.2. The van der Waals surface area contributed by atoms with Crippen molar-refractivity contribution in [1.82, 2.24) is 10.2 Å². The highest BCUT2D eigenvalue weighted by molar-refractivity contribution is 6.11. The molecule has 4 aromatic rings. The molecular formula is C20H14FN3O2.